The smallest absolute Gasteiger partial charge is 0.119 e. The third-order valence-corrected chi connectivity index (χ3v) is 2.91. The van der Waals surface area contributed by atoms with Crippen molar-refractivity contribution in [1.82, 2.24) is 0 Å². The molecule has 1 aliphatic heterocycles. The summed E-state index contributed by atoms with van der Waals surface area (Å²) < 4.78 is 11.3. The number of nitrogens with zero attached hydrogens (tertiary/aromatic N) is 1. The Morgan fingerprint density at radius 2 is 2.08 bits per heavy atom. The van der Waals surface area contributed by atoms with Crippen molar-refractivity contribution in [3.8, 4) is 0 Å². The fourth-order valence-corrected chi connectivity index (χ4v) is 1.96. The van der Waals surface area contributed by atoms with Gasteiger partial charge in [-0.05, 0) is 11.6 Å². The molecule has 13 heavy (non-hydrogen) atoms. The van der Waals surface area contributed by atoms with E-state index in [-0.39, 0.29) is 0 Å². The molecule has 0 spiro atoms. The van der Waals surface area contributed by atoms with E-state index in [1.165, 1.54) is 0 Å². The maximum absolute atomic E-state index is 11.3. The fourth-order valence-electron chi connectivity index (χ4n) is 1.14. The molecule has 66 valence electrons. The van der Waals surface area contributed by atoms with Crippen LogP contribution in [0.25, 0.3) is 6.08 Å². The maximum Gasteiger partial charge on any atom is 0.119 e. The lowest BCUT2D eigenvalue weighted by Gasteiger charge is -1.93. The Morgan fingerprint density at radius 1 is 1.31 bits per heavy atom. The first-order valence-corrected chi connectivity index (χ1v) is 5.33. The van der Waals surface area contributed by atoms with Crippen molar-refractivity contribution in [2.24, 2.45) is 4.99 Å². The highest BCUT2D eigenvalue weighted by Gasteiger charge is 2.09. The molecule has 1 aromatic carbocycles. The van der Waals surface area contributed by atoms with E-state index in [4.69, 9.17) is 0 Å². The van der Waals surface area contributed by atoms with Gasteiger partial charge in [0.05, 0.1) is 15.7 Å². The molecule has 0 saturated carbocycles. The lowest BCUT2D eigenvalue weighted by Crippen LogP contribution is -1.89. The van der Waals surface area contributed by atoms with Crippen LogP contribution in [0, 0.1) is 0 Å². The molecule has 0 aromatic heterocycles. The fraction of sp³-hybridized carbons (Fsp3) is 0.100. The minimum atomic E-state index is -0.922. The van der Waals surface area contributed by atoms with Crippen molar-refractivity contribution in [3.63, 3.8) is 0 Å². The SMILES string of the molecule is O=S1CN=CC1=Cc1ccccc1. The van der Waals surface area contributed by atoms with Crippen molar-refractivity contribution < 1.29 is 4.21 Å². The van der Waals surface area contributed by atoms with Gasteiger partial charge in [0, 0.05) is 6.21 Å². The lowest BCUT2D eigenvalue weighted by molar-refractivity contribution is 0.689. The van der Waals surface area contributed by atoms with Gasteiger partial charge in [-0.15, -0.1) is 0 Å². The average molecular weight is 191 g/mol. The molecule has 1 aromatic rings. The highest BCUT2D eigenvalue weighted by Crippen LogP contribution is 2.12. The zero-order valence-corrected chi connectivity index (χ0v) is 7.83. The van der Waals surface area contributed by atoms with Crippen molar-refractivity contribution >= 4 is 23.1 Å². The third kappa shape index (κ3) is 1.92. The summed E-state index contributed by atoms with van der Waals surface area (Å²) in [7, 11) is -0.922. The Morgan fingerprint density at radius 3 is 2.69 bits per heavy atom. The molecule has 1 heterocycles. The Hall–Kier alpha value is -1.22. The Balaban J connectivity index is 2.30. The van der Waals surface area contributed by atoms with Crippen LogP contribution in [0.1, 0.15) is 5.56 Å². The van der Waals surface area contributed by atoms with Crippen LogP contribution in [0.4, 0.5) is 0 Å². The topological polar surface area (TPSA) is 29.4 Å². The van der Waals surface area contributed by atoms with Gasteiger partial charge in [-0.3, -0.25) is 9.20 Å². The van der Waals surface area contributed by atoms with Gasteiger partial charge in [-0.1, -0.05) is 30.3 Å². The summed E-state index contributed by atoms with van der Waals surface area (Å²) in [5.41, 5.74) is 1.07. The van der Waals surface area contributed by atoms with Crippen LogP contribution in [0.15, 0.2) is 40.2 Å². The summed E-state index contributed by atoms with van der Waals surface area (Å²) in [5, 5.41) is 0. The predicted octanol–water partition coefficient (Wildman–Crippen LogP) is 1.82. The molecule has 0 aliphatic carbocycles. The van der Waals surface area contributed by atoms with E-state index in [1.807, 2.05) is 36.4 Å². The zero-order chi connectivity index (χ0) is 9.10. The van der Waals surface area contributed by atoms with Crippen molar-refractivity contribution in [1.29, 1.82) is 0 Å². The number of rotatable bonds is 1. The molecule has 0 N–H and O–H groups in total. The van der Waals surface area contributed by atoms with Crippen LogP contribution < -0.4 is 0 Å². The summed E-state index contributed by atoms with van der Waals surface area (Å²) >= 11 is 0. The second kappa shape index (κ2) is 3.66. The molecule has 0 saturated heterocycles. The van der Waals surface area contributed by atoms with Gasteiger partial charge in [0.1, 0.15) is 5.88 Å². The average Bonchev–Trinajstić information content (AvgIpc) is 2.54. The van der Waals surface area contributed by atoms with E-state index in [2.05, 4.69) is 4.99 Å². The second-order valence-electron chi connectivity index (χ2n) is 2.74. The number of benzene rings is 1. The van der Waals surface area contributed by atoms with Gasteiger partial charge in [0.25, 0.3) is 0 Å². The molecule has 0 radical (unpaired) electrons. The monoisotopic (exact) mass is 191 g/mol. The molecular weight excluding hydrogens is 182 g/mol. The quantitative estimate of drug-likeness (QED) is 0.665. The first-order valence-electron chi connectivity index (χ1n) is 4.01. The molecule has 1 aliphatic rings. The Labute approximate surface area is 79.5 Å². The van der Waals surface area contributed by atoms with Gasteiger partial charge in [-0.25, -0.2) is 0 Å². The van der Waals surface area contributed by atoms with E-state index < -0.39 is 10.8 Å². The second-order valence-corrected chi connectivity index (χ2v) is 4.16. The molecule has 1 atom stereocenters. The Kier molecular flexibility index (Phi) is 2.36. The van der Waals surface area contributed by atoms with E-state index in [0.29, 0.717) is 5.88 Å². The van der Waals surface area contributed by atoms with Crippen LogP contribution in [0.3, 0.4) is 0 Å². The predicted molar refractivity (Wildman–Crippen MR) is 55.9 cm³/mol. The number of hydrogen-bond acceptors (Lipinski definition) is 2. The van der Waals surface area contributed by atoms with Crippen LogP contribution in [-0.2, 0) is 10.8 Å². The lowest BCUT2D eigenvalue weighted by atomic mass is 10.2. The number of hydrogen-bond donors (Lipinski definition) is 0. The molecule has 0 fully saturated rings. The van der Waals surface area contributed by atoms with Gasteiger partial charge >= 0.3 is 0 Å². The molecule has 2 rings (SSSR count). The third-order valence-electron chi connectivity index (χ3n) is 1.78. The van der Waals surface area contributed by atoms with Crippen LogP contribution in [0.2, 0.25) is 0 Å². The standard InChI is InChI=1S/C10H9NOS/c12-13-8-11-7-10(13)6-9-4-2-1-3-5-9/h1-7H,8H2. The summed E-state index contributed by atoms with van der Waals surface area (Å²) in [5.74, 6) is 0.415. The van der Waals surface area contributed by atoms with E-state index in [0.717, 1.165) is 10.5 Å². The van der Waals surface area contributed by atoms with Crippen molar-refractivity contribution in [2.45, 2.75) is 0 Å². The highest BCUT2D eigenvalue weighted by molar-refractivity contribution is 7.90. The normalized spacial score (nSPS) is 24.0. The first kappa shape index (κ1) is 8.38. The van der Waals surface area contributed by atoms with Gasteiger partial charge in [-0.2, -0.15) is 0 Å². The minimum Gasteiger partial charge on any atom is -0.278 e. The maximum atomic E-state index is 11.3. The molecule has 0 amide bonds. The van der Waals surface area contributed by atoms with Crippen molar-refractivity contribution in [2.75, 3.05) is 5.88 Å². The Bertz CT molecular complexity index is 381. The van der Waals surface area contributed by atoms with Crippen LogP contribution in [0.5, 0.6) is 0 Å². The molecule has 3 heteroatoms. The number of allylic oxidation sites excluding steroid dienone is 1. The minimum absolute atomic E-state index is 0.415. The van der Waals surface area contributed by atoms with E-state index >= 15 is 0 Å². The van der Waals surface area contributed by atoms with Gasteiger partial charge < -0.3 is 0 Å². The highest BCUT2D eigenvalue weighted by atomic mass is 32.2. The summed E-state index contributed by atoms with van der Waals surface area (Å²) in [6.07, 6.45) is 3.59. The molecule has 1 unspecified atom stereocenters. The van der Waals surface area contributed by atoms with E-state index in [9.17, 15) is 4.21 Å². The molecule has 2 nitrogen and oxygen atoms in total. The van der Waals surface area contributed by atoms with Crippen molar-refractivity contribution in [3.05, 3.63) is 40.8 Å². The zero-order valence-electron chi connectivity index (χ0n) is 7.01. The molecular formula is C10H9NOS. The molecule has 0 bridgehead atoms. The first-order chi connectivity index (χ1) is 6.36. The summed E-state index contributed by atoms with van der Waals surface area (Å²) in [4.78, 5) is 4.76. The van der Waals surface area contributed by atoms with Gasteiger partial charge in [0.2, 0.25) is 0 Å². The van der Waals surface area contributed by atoms with Crippen LogP contribution >= 0.6 is 0 Å². The summed E-state index contributed by atoms with van der Waals surface area (Å²) in [6.45, 7) is 0. The largest absolute Gasteiger partial charge is 0.278 e. The van der Waals surface area contributed by atoms with Crippen LogP contribution in [-0.4, -0.2) is 16.3 Å². The summed E-state index contributed by atoms with van der Waals surface area (Å²) in [6, 6.07) is 9.84. The van der Waals surface area contributed by atoms with E-state index in [1.54, 1.807) is 6.21 Å². The number of aliphatic imine (C=N–C) groups is 1. The van der Waals surface area contributed by atoms with Gasteiger partial charge in [0.15, 0.2) is 0 Å².